The van der Waals surface area contributed by atoms with Gasteiger partial charge in [-0.3, -0.25) is 9.59 Å². The lowest BCUT2D eigenvalue weighted by molar-refractivity contribution is -0.229. The number of epoxide rings is 1. The Labute approximate surface area is 134 Å². The van der Waals surface area contributed by atoms with Crippen LogP contribution in [-0.4, -0.2) is 54.0 Å². The highest BCUT2D eigenvalue weighted by Gasteiger charge is 2.85. The molecule has 0 aromatic heterocycles. The third-order valence-electron chi connectivity index (χ3n) is 6.63. The minimum absolute atomic E-state index is 0.120. The van der Waals surface area contributed by atoms with Crippen LogP contribution in [0.15, 0.2) is 11.6 Å². The minimum atomic E-state index is -1.16. The monoisotopic (exact) mass is 322 g/mol. The average molecular weight is 322 g/mol. The quantitative estimate of drug-likeness (QED) is 0.459. The van der Waals surface area contributed by atoms with E-state index in [1.54, 1.807) is 0 Å². The lowest BCUT2D eigenvalue weighted by atomic mass is 9.51. The third-order valence-corrected chi connectivity index (χ3v) is 6.63. The second-order valence-corrected chi connectivity index (χ2v) is 7.57. The van der Waals surface area contributed by atoms with Crippen molar-refractivity contribution in [2.45, 2.75) is 57.5 Å². The molecule has 0 amide bonds. The first-order valence-electron chi connectivity index (χ1n) is 8.10. The summed E-state index contributed by atoms with van der Waals surface area (Å²) < 4.78 is 17.2. The van der Waals surface area contributed by atoms with Gasteiger partial charge in [0.05, 0.1) is 12.7 Å². The number of ether oxygens (including phenoxy) is 3. The third kappa shape index (κ3) is 1.59. The summed E-state index contributed by atoms with van der Waals surface area (Å²) in [6.45, 7) is 5.81. The number of hydrogen-bond donors (Lipinski definition) is 1. The van der Waals surface area contributed by atoms with Crippen LogP contribution in [0.3, 0.4) is 0 Å². The van der Waals surface area contributed by atoms with Crippen molar-refractivity contribution in [3.05, 3.63) is 11.6 Å². The summed E-state index contributed by atoms with van der Waals surface area (Å²) >= 11 is 0. The van der Waals surface area contributed by atoms with E-state index in [4.69, 9.17) is 14.2 Å². The van der Waals surface area contributed by atoms with Gasteiger partial charge in [0.2, 0.25) is 0 Å². The molecule has 0 unspecified atom stereocenters. The molecule has 23 heavy (non-hydrogen) atoms. The highest BCUT2D eigenvalue weighted by atomic mass is 16.6. The van der Waals surface area contributed by atoms with Gasteiger partial charge in [-0.25, -0.2) is 0 Å². The van der Waals surface area contributed by atoms with Crippen LogP contribution in [0, 0.1) is 10.8 Å². The zero-order valence-corrected chi connectivity index (χ0v) is 13.6. The van der Waals surface area contributed by atoms with Crippen LogP contribution >= 0.6 is 0 Å². The Kier molecular flexibility index (Phi) is 2.95. The SMILES string of the molecule is CC(=O)OC[C@]12CCC(C)=C[C@H]1O[C@@H]1C(=O)[C@@H](O)[C@@]2(C)[C@]12CO2. The molecular weight excluding hydrogens is 300 g/mol. The predicted octanol–water partition coefficient (Wildman–Crippen LogP) is 0.762. The van der Waals surface area contributed by atoms with Crippen molar-refractivity contribution in [3.63, 3.8) is 0 Å². The summed E-state index contributed by atoms with van der Waals surface area (Å²) in [6, 6.07) is 0. The summed E-state index contributed by atoms with van der Waals surface area (Å²) in [5, 5.41) is 10.8. The Morgan fingerprint density at radius 3 is 2.83 bits per heavy atom. The van der Waals surface area contributed by atoms with E-state index < -0.39 is 28.6 Å². The molecule has 2 heterocycles. The Bertz CT molecular complexity index is 621. The fourth-order valence-electron chi connectivity index (χ4n) is 5.03. The molecule has 3 fully saturated rings. The van der Waals surface area contributed by atoms with Crippen LogP contribution in [0.2, 0.25) is 0 Å². The van der Waals surface area contributed by atoms with E-state index in [1.165, 1.54) is 12.5 Å². The molecule has 6 atom stereocenters. The summed E-state index contributed by atoms with van der Waals surface area (Å²) in [5.41, 5.74) is -1.07. The molecule has 2 bridgehead atoms. The topological polar surface area (TPSA) is 85.4 Å². The molecule has 1 spiro atoms. The van der Waals surface area contributed by atoms with Crippen molar-refractivity contribution in [1.82, 2.24) is 0 Å². The number of carbonyl (C=O) groups excluding carboxylic acids is 2. The van der Waals surface area contributed by atoms with Gasteiger partial charge >= 0.3 is 5.97 Å². The maximum atomic E-state index is 12.6. The molecule has 4 rings (SSSR count). The Morgan fingerprint density at radius 1 is 1.52 bits per heavy atom. The number of rotatable bonds is 2. The van der Waals surface area contributed by atoms with Gasteiger partial charge in [-0.1, -0.05) is 18.6 Å². The van der Waals surface area contributed by atoms with Crippen molar-refractivity contribution < 1.29 is 28.9 Å². The summed E-state index contributed by atoms with van der Waals surface area (Å²) in [4.78, 5) is 24.0. The van der Waals surface area contributed by atoms with E-state index in [-0.39, 0.29) is 24.5 Å². The van der Waals surface area contributed by atoms with Crippen LogP contribution in [0.25, 0.3) is 0 Å². The zero-order chi connectivity index (χ0) is 16.6. The van der Waals surface area contributed by atoms with Gasteiger partial charge in [0, 0.05) is 17.8 Å². The first-order valence-corrected chi connectivity index (χ1v) is 8.10. The molecule has 6 nitrogen and oxygen atoms in total. The molecule has 0 aromatic carbocycles. The minimum Gasteiger partial charge on any atom is -0.465 e. The molecule has 2 aliphatic carbocycles. The van der Waals surface area contributed by atoms with Crippen molar-refractivity contribution in [1.29, 1.82) is 0 Å². The predicted molar refractivity (Wildman–Crippen MR) is 78.5 cm³/mol. The smallest absolute Gasteiger partial charge is 0.302 e. The molecule has 6 heteroatoms. The lowest BCUT2D eigenvalue weighted by Gasteiger charge is -2.57. The Balaban J connectivity index is 1.86. The van der Waals surface area contributed by atoms with Gasteiger partial charge in [-0.2, -0.15) is 0 Å². The highest BCUT2D eigenvalue weighted by molar-refractivity contribution is 5.94. The number of esters is 1. The number of carbonyl (C=O) groups is 2. The second kappa shape index (κ2) is 4.43. The van der Waals surface area contributed by atoms with E-state index in [9.17, 15) is 14.7 Å². The molecule has 2 saturated heterocycles. The maximum absolute atomic E-state index is 12.6. The normalized spacial score (nSPS) is 50.5. The summed E-state index contributed by atoms with van der Waals surface area (Å²) in [5.74, 6) is -0.688. The van der Waals surface area contributed by atoms with Gasteiger partial charge in [-0.15, -0.1) is 0 Å². The number of ketones is 1. The van der Waals surface area contributed by atoms with Crippen molar-refractivity contribution >= 4 is 11.8 Å². The van der Waals surface area contributed by atoms with E-state index in [2.05, 4.69) is 0 Å². The maximum Gasteiger partial charge on any atom is 0.302 e. The van der Waals surface area contributed by atoms with Gasteiger partial charge in [0.25, 0.3) is 0 Å². The van der Waals surface area contributed by atoms with Crippen LogP contribution < -0.4 is 0 Å². The fraction of sp³-hybridized carbons (Fsp3) is 0.765. The van der Waals surface area contributed by atoms with E-state index in [0.29, 0.717) is 13.0 Å². The molecule has 4 aliphatic rings. The number of aliphatic hydroxyl groups excluding tert-OH is 1. The number of aliphatic hydroxyl groups is 1. The molecule has 1 N–H and O–H groups in total. The standard InChI is InChI=1S/C17H22O6/c1-9-4-5-16(7-21-10(2)18)11(6-9)23-14-12(19)13(20)15(16,3)17(14)8-22-17/h6,11,13-14,20H,4-5,7-8H2,1-3H3/t11-,13-,14-,15-,16-,17+/m1/s1. The van der Waals surface area contributed by atoms with E-state index >= 15 is 0 Å². The fourth-order valence-corrected chi connectivity index (χ4v) is 5.03. The number of Topliss-reactive ketones (excluding diaryl/α,β-unsaturated/α-hetero) is 1. The molecule has 126 valence electrons. The van der Waals surface area contributed by atoms with Crippen LogP contribution in [0.4, 0.5) is 0 Å². The Hall–Kier alpha value is -1.24. The number of fused-ring (bicyclic) bond motifs is 2. The van der Waals surface area contributed by atoms with Gasteiger partial charge in [0.15, 0.2) is 11.9 Å². The number of hydrogen-bond acceptors (Lipinski definition) is 6. The average Bonchev–Trinajstić information content (AvgIpc) is 3.28. The van der Waals surface area contributed by atoms with E-state index in [1.807, 2.05) is 19.9 Å². The van der Waals surface area contributed by atoms with E-state index in [0.717, 1.165) is 6.42 Å². The van der Waals surface area contributed by atoms with Crippen LogP contribution in [0.5, 0.6) is 0 Å². The highest BCUT2D eigenvalue weighted by Crippen LogP contribution is 2.70. The summed E-state index contributed by atoms with van der Waals surface area (Å²) in [7, 11) is 0. The largest absolute Gasteiger partial charge is 0.465 e. The lowest BCUT2D eigenvalue weighted by Crippen LogP contribution is -2.66. The number of allylic oxidation sites excluding steroid dienone is 1. The first-order chi connectivity index (χ1) is 10.8. The summed E-state index contributed by atoms with van der Waals surface area (Å²) in [6.07, 6.45) is 1.26. The molecule has 0 radical (unpaired) electrons. The van der Waals surface area contributed by atoms with Gasteiger partial charge in [-0.05, 0) is 19.8 Å². The molecule has 0 aromatic rings. The second-order valence-electron chi connectivity index (χ2n) is 7.57. The van der Waals surface area contributed by atoms with Crippen molar-refractivity contribution in [2.75, 3.05) is 13.2 Å². The van der Waals surface area contributed by atoms with Crippen LogP contribution in [-0.2, 0) is 23.8 Å². The molecule has 1 saturated carbocycles. The molecule has 2 aliphatic heterocycles. The van der Waals surface area contributed by atoms with Gasteiger partial charge < -0.3 is 19.3 Å². The zero-order valence-electron chi connectivity index (χ0n) is 13.6. The molecular formula is C17H22O6. The Morgan fingerprint density at radius 2 is 2.22 bits per heavy atom. The van der Waals surface area contributed by atoms with Crippen molar-refractivity contribution in [2.24, 2.45) is 10.8 Å². The first kappa shape index (κ1) is 15.3. The van der Waals surface area contributed by atoms with Crippen LogP contribution in [0.1, 0.15) is 33.6 Å². The van der Waals surface area contributed by atoms with Crippen molar-refractivity contribution in [3.8, 4) is 0 Å². The van der Waals surface area contributed by atoms with Gasteiger partial charge in [0.1, 0.15) is 18.3 Å².